The van der Waals surface area contributed by atoms with Gasteiger partial charge in [0, 0.05) is 55.4 Å². The second-order valence-corrected chi connectivity index (χ2v) is 9.72. The van der Waals surface area contributed by atoms with Crippen LogP contribution in [0.1, 0.15) is 33.1 Å². The highest BCUT2D eigenvalue weighted by molar-refractivity contribution is 7.20. The first-order valence-electron chi connectivity index (χ1n) is 11.3. The highest BCUT2D eigenvalue weighted by Gasteiger charge is 2.32. The zero-order chi connectivity index (χ0) is 21.5. The molecule has 2 aliphatic heterocycles. The SMILES string of the molecule is O=C(c1sc2ncccc2c1C1CCN(Cc2ccc3[nH]ccc3c2)C1)N1CCOCC1. The summed E-state index contributed by atoms with van der Waals surface area (Å²) >= 11 is 1.55. The van der Waals surface area contributed by atoms with E-state index in [1.807, 2.05) is 23.4 Å². The van der Waals surface area contributed by atoms with Crippen LogP contribution in [0.3, 0.4) is 0 Å². The van der Waals surface area contributed by atoms with Crippen LogP contribution in [-0.4, -0.2) is 65.1 Å². The minimum absolute atomic E-state index is 0.141. The molecule has 1 unspecified atom stereocenters. The lowest BCUT2D eigenvalue weighted by Crippen LogP contribution is -2.40. The summed E-state index contributed by atoms with van der Waals surface area (Å²) in [6, 6.07) is 12.9. The Balaban J connectivity index is 1.27. The van der Waals surface area contributed by atoms with Gasteiger partial charge in [0.15, 0.2) is 0 Å². The maximum atomic E-state index is 13.5. The molecule has 7 heteroatoms. The van der Waals surface area contributed by atoms with E-state index < -0.39 is 0 Å². The number of aromatic nitrogens is 2. The number of morpholine rings is 1. The first kappa shape index (κ1) is 19.9. The lowest BCUT2D eigenvalue weighted by Gasteiger charge is -2.27. The number of rotatable bonds is 4. The van der Waals surface area contributed by atoms with Crippen molar-refractivity contribution in [3.63, 3.8) is 0 Å². The number of amides is 1. The summed E-state index contributed by atoms with van der Waals surface area (Å²) in [5, 5.41) is 2.40. The third kappa shape index (κ3) is 3.60. The molecule has 1 aromatic carbocycles. The minimum Gasteiger partial charge on any atom is -0.378 e. The van der Waals surface area contributed by atoms with E-state index in [1.165, 1.54) is 22.0 Å². The quantitative estimate of drug-likeness (QED) is 0.509. The molecule has 6 nitrogen and oxygen atoms in total. The smallest absolute Gasteiger partial charge is 0.264 e. The van der Waals surface area contributed by atoms with Crippen molar-refractivity contribution in [2.75, 3.05) is 39.4 Å². The topological polar surface area (TPSA) is 61.5 Å². The van der Waals surface area contributed by atoms with Gasteiger partial charge in [-0.1, -0.05) is 12.1 Å². The standard InChI is InChI=1S/C25H26N4O2S/c30-25(29-10-12-31-13-11-29)23-22(20-2-1-7-27-24(20)32-23)19-6-9-28(16-19)15-17-3-4-21-18(14-17)5-8-26-21/h1-5,7-8,14,19,26H,6,9-13,15-16H2. The van der Waals surface area contributed by atoms with Crippen LogP contribution in [0, 0.1) is 0 Å². The third-order valence-electron chi connectivity index (χ3n) is 6.70. The fraction of sp³-hybridized carbons (Fsp3) is 0.360. The largest absolute Gasteiger partial charge is 0.378 e. The number of thiophene rings is 1. The van der Waals surface area contributed by atoms with Crippen LogP contribution in [0.5, 0.6) is 0 Å². The van der Waals surface area contributed by atoms with Crippen molar-refractivity contribution in [2.45, 2.75) is 18.9 Å². The van der Waals surface area contributed by atoms with Crippen molar-refractivity contribution < 1.29 is 9.53 Å². The van der Waals surface area contributed by atoms with E-state index in [-0.39, 0.29) is 5.91 Å². The Hall–Kier alpha value is -2.74. The number of nitrogens with zero attached hydrogens (tertiary/aromatic N) is 3. The van der Waals surface area contributed by atoms with Crippen LogP contribution >= 0.6 is 11.3 Å². The first-order valence-corrected chi connectivity index (χ1v) is 12.1. The molecule has 32 heavy (non-hydrogen) atoms. The number of pyridine rings is 1. The molecule has 0 saturated carbocycles. The van der Waals surface area contributed by atoms with E-state index in [4.69, 9.17) is 4.74 Å². The van der Waals surface area contributed by atoms with Crippen molar-refractivity contribution in [2.24, 2.45) is 0 Å². The Morgan fingerprint density at radius 2 is 2.09 bits per heavy atom. The summed E-state index contributed by atoms with van der Waals surface area (Å²) in [5.41, 5.74) is 3.72. The molecule has 0 bridgehead atoms. The van der Waals surface area contributed by atoms with E-state index in [0.29, 0.717) is 32.2 Å². The Bertz CT molecular complexity index is 1270. The molecule has 4 aromatic rings. The van der Waals surface area contributed by atoms with Gasteiger partial charge in [-0.2, -0.15) is 0 Å². The summed E-state index contributed by atoms with van der Waals surface area (Å²) in [7, 11) is 0. The number of benzene rings is 1. The van der Waals surface area contributed by atoms with Crippen LogP contribution in [0.25, 0.3) is 21.1 Å². The van der Waals surface area contributed by atoms with Gasteiger partial charge < -0.3 is 14.6 Å². The van der Waals surface area contributed by atoms with Crippen LogP contribution in [0.2, 0.25) is 0 Å². The molecule has 5 heterocycles. The molecule has 6 rings (SSSR count). The van der Waals surface area contributed by atoms with Crippen LogP contribution < -0.4 is 0 Å². The average molecular weight is 447 g/mol. The molecule has 164 valence electrons. The summed E-state index contributed by atoms with van der Waals surface area (Å²) in [6.07, 6.45) is 4.88. The normalized spacial score (nSPS) is 19.9. The van der Waals surface area contributed by atoms with Crippen molar-refractivity contribution >= 4 is 38.4 Å². The number of carbonyl (C=O) groups is 1. The molecular formula is C25H26N4O2S. The van der Waals surface area contributed by atoms with Gasteiger partial charge in [-0.3, -0.25) is 9.69 Å². The molecular weight excluding hydrogens is 420 g/mol. The Morgan fingerprint density at radius 3 is 3.00 bits per heavy atom. The number of fused-ring (bicyclic) bond motifs is 2. The summed E-state index contributed by atoms with van der Waals surface area (Å²) < 4.78 is 5.46. The second kappa shape index (κ2) is 8.31. The van der Waals surface area contributed by atoms with Crippen molar-refractivity contribution in [1.82, 2.24) is 19.8 Å². The maximum absolute atomic E-state index is 13.5. The third-order valence-corrected chi connectivity index (χ3v) is 7.82. The molecule has 3 aromatic heterocycles. The minimum atomic E-state index is 0.141. The molecule has 2 saturated heterocycles. The van der Waals surface area contributed by atoms with Gasteiger partial charge in [0.2, 0.25) is 0 Å². The molecule has 1 atom stereocenters. The Labute approximate surface area is 190 Å². The van der Waals surface area contributed by atoms with E-state index in [1.54, 1.807) is 11.3 Å². The number of H-pyrrole nitrogens is 1. The number of likely N-dealkylation sites (tertiary alicyclic amines) is 1. The van der Waals surface area contributed by atoms with E-state index in [9.17, 15) is 4.79 Å². The number of hydrogen-bond donors (Lipinski definition) is 1. The molecule has 2 aliphatic rings. The highest BCUT2D eigenvalue weighted by atomic mass is 32.1. The second-order valence-electron chi connectivity index (χ2n) is 8.73. The summed E-state index contributed by atoms with van der Waals surface area (Å²) in [6.45, 7) is 5.51. The van der Waals surface area contributed by atoms with Gasteiger partial charge in [0.05, 0.1) is 18.1 Å². The van der Waals surface area contributed by atoms with Crippen LogP contribution in [0.15, 0.2) is 48.8 Å². The van der Waals surface area contributed by atoms with Crippen LogP contribution in [0.4, 0.5) is 0 Å². The van der Waals surface area contributed by atoms with Gasteiger partial charge in [0.1, 0.15) is 4.83 Å². The Kier molecular flexibility index (Phi) is 5.17. The van der Waals surface area contributed by atoms with Crippen LogP contribution in [-0.2, 0) is 11.3 Å². The van der Waals surface area contributed by atoms with Gasteiger partial charge in [-0.15, -0.1) is 11.3 Å². The highest BCUT2D eigenvalue weighted by Crippen LogP contribution is 2.40. The predicted molar refractivity (Wildman–Crippen MR) is 127 cm³/mol. The average Bonchev–Trinajstić information content (AvgIpc) is 3.57. The lowest BCUT2D eigenvalue weighted by atomic mass is 9.95. The zero-order valence-electron chi connectivity index (χ0n) is 17.9. The predicted octanol–water partition coefficient (Wildman–Crippen LogP) is 4.24. The van der Waals surface area contributed by atoms with Gasteiger partial charge in [0.25, 0.3) is 5.91 Å². The van der Waals surface area contributed by atoms with Crippen molar-refractivity contribution in [1.29, 1.82) is 0 Å². The number of nitrogens with one attached hydrogen (secondary N) is 1. The van der Waals surface area contributed by atoms with Gasteiger partial charge >= 0.3 is 0 Å². The fourth-order valence-corrected chi connectivity index (χ4v) is 6.29. The molecule has 0 aliphatic carbocycles. The van der Waals surface area contributed by atoms with E-state index in [0.717, 1.165) is 41.1 Å². The van der Waals surface area contributed by atoms with E-state index in [2.05, 4.69) is 45.2 Å². The molecule has 0 radical (unpaired) electrons. The number of ether oxygens (including phenoxy) is 1. The molecule has 1 amide bonds. The zero-order valence-corrected chi connectivity index (χ0v) is 18.7. The number of hydrogen-bond acceptors (Lipinski definition) is 5. The Morgan fingerprint density at radius 1 is 1.19 bits per heavy atom. The molecule has 2 fully saturated rings. The monoisotopic (exact) mass is 446 g/mol. The molecule has 1 N–H and O–H groups in total. The number of aromatic amines is 1. The first-order chi connectivity index (χ1) is 15.8. The van der Waals surface area contributed by atoms with Crippen molar-refractivity contribution in [3.05, 3.63) is 64.8 Å². The lowest BCUT2D eigenvalue weighted by molar-refractivity contribution is 0.0305. The molecule has 0 spiro atoms. The maximum Gasteiger partial charge on any atom is 0.264 e. The van der Waals surface area contributed by atoms with E-state index >= 15 is 0 Å². The van der Waals surface area contributed by atoms with Crippen molar-refractivity contribution in [3.8, 4) is 0 Å². The number of carbonyl (C=O) groups excluding carboxylic acids is 1. The van der Waals surface area contributed by atoms with Gasteiger partial charge in [-0.25, -0.2) is 4.98 Å². The summed E-state index contributed by atoms with van der Waals surface area (Å²) in [5.74, 6) is 0.492. The summed E-state index contributed by atoms with van der Waals surface area (Å²) in [4.78, 5) is 27.6. The van der Waals surface area contributed by atoms with Gasteiger partial charge in [-0.05, 0) is 53.7 Å². The fourth-order valence-electron chi connectivity index (χ4n) is 5.10.